The third-order valence-electron chi connectivity index (χ3n) is 4.54. The van der Waals surface area contributed by atoms with Gasteiger partial charge in [-0.25, -0.2) is 4.98 Å². The zero-order valence-corrected chi connectivity index (χ0v) is 17.6. The van der Waals surface area contributed by atoms with Gasteiger partial charge < -0.3 is 15.0 Å². The minimum atomic E-state index is -0.0222. The Morgan fingerprint density at radius 1 is 1.18 bits per heavy atom. The van der Waals surface area contributed by atoms with Crippen LogP contribution in [0.3, 0.4) is 0 Å². The first-order chi connectivity index (χ1) is 13.6. The van der Waals surface area contributed by atoms with Crippen LogP contribution in [0.1, 0.15) is 13.8 Å². The van der Waals surface area contributed by atoms with E-state index in [-0.39, 0.29) is 18.1 Å². The Bertz CT molecular complexity index is 932. The molecule has 1 fully saturated rings. The number of morpholine rings is 1. The molecule has 3 aromatic rings. The number of anilines is 2. The Labute approximate surface area is 173 Å². The van der Waals surface area contributed by atoms with Crippen molar-refractivity contribution in [2.24, 2.45) is 0 Å². The normalized spacial score (nSPS) is 19.7. The molecular formula is C21H23N3O2S2. The van der Waals surface area contributed by atoms with Crippen molar-refractivity contribution < 1.29 is 9.53 Å². The molecule has 2 aromatic carbocycles. The highest BCUT2D eigenvalue weighted by molar-refractivity contribution is 8.01. The predicted molar refractivity (Wildman–Crippen MR) is 118 cm³/mol. The number of carbonyl (C=O) groups is 1. The fraction of sp³-hybridized carbons (Fsp3) is 0.333. The lowest BCUT2D eigenvalue weighted by molar-refractivity contribution is -0.113. The molecule has 2 atom stereocenters. The topological polar surface area (TPSA) is 54.5 Å². The van der Waals surface area contributed by atoms with Crippen LogP contribution < -0.4 is 10.2 Å². The molecule has 0 spiro atoms. The quantitative estimate of drug-likeness (QED) is 0.618. The molecule has 1 aliphatic heterocycles. The highest BCUT2D eigenvalue weighted by Gasteiger charge is 2.24. The summed E-state index contributed by atoms with van der Waals surface area (Å²) in [6.45, 7) is 5.80. The van der Waals surface area contributed by atoms with Crippen molar-refractivity contribution in [1.29, 1.82) is 0 Å². The summed E-state index contributed by atoms with van der Waals surface area (Å²) >= 11 is 3.10. The SMILES string of the molecule is C[C@@H]1CN(c2ccccc2NC(=O)CSc2nc3ccccc3s2)C[C@H](C)O1. The van der Waals surface area contributed by atoms with E-state index in [1.807, 2.05) is 36.4 Å². The van der Waals surface area contributed by atoms with Crippen molar-refractivity contribution in [2.75, 3.05) is 29.1 Å². The number of thioether (sulfide) groups is 1. The summed E-state index contributed by atoms with van der Waals surface area (Å²) in [5.41, 5.74) is 2.87. The average Bonchev–Trinajstić information content (AvgIpc) is 3.09. The summed E-state index contributed by atoms with van der Waals surface area (Å²) < 4.78 is 7.90. The van der Waals surface area contributed by atoms with Gasteiger partial charge in [-0.05, 0) is 38.1 Å². The molecule has 1 aromatic heterocycles. The summed E-state index contributed by atoms with van der Waals surface area (Å²) in [5.74, 6) is 0.315. The van der Waals surface area contributed by atoms with Gasteiger partial charge >= 0.3 is 0 Å². The standard InChI is InChI=1S/C21H23N3O2S2/c1-14-11-24(12-15(2)26-14)18-9-5-3-7-16(18)22-20(25)13-27-21-23-17-8-4-6-10-19(17)28-21/h3-10,14-15H,11-13H2,1-2H3,(H,22,25)/t14-,15+. The van der Waals surface area contributed by atoms with E-state index in [2.05, 4.69) is 41.2 Å². The monoisotopic (exact) mass is 413 g/mol. The average molecular weight is 414 g/mol. The first kappa shape index (κ1) is 19.2. The summed E-state index contributed by atoms with van der Waals surface area (Å²) in [4.78, 5) is 19.4. The smallest absolute Gasteiger partial charge is 0.234 e. The van der Waals surface area contributed by atoms with Crippen molar-refractivity contribution in [1.82, 2.24) is 4.98 Å². The van der Waals surface area contributed by atoms with Gasteiger partial charge in [-0.1, -0.05) is 36.0 Å². The van der Waals surface area contributed by atoms with Gasteiger partial charge in [0.2, 0.25) is 5.91 Å². The molecule has 4 rings (SSSR count). The number of benzene rings is 2. The number of hydrogen-bond acceptors (Lipinski definition) is 6. The number of nitrogens with one attached hydrogen (secondary N) is 1. The molecule has 1 saturated heterocycles. The maximum Gasteiger partial charge on any atom is 0.234 e. The number of para-hydroxylation sites is 3. The van der Waals surface area contributed by atoms with Gasteiger partial charge in [0.05, 0.1) is 39.6 Å². The van der Waals surface area contributed by atoms with Gasteiger partial charge in [-0.3, -0.25) is 4.79 Å². The number of aromatic nitrogens is 1. The van der Waals surface area contributed by atoms with Crippen molar-refractivity contribution in [3.05, 3.63) is 48.5 Å². The molecule has 1 amide bonds. The summed E-state index contributed by atoms with van der Waals surface area (Å²) in [6, 6.07) is 16.0. The molecule has 0 aliphatic carbocycles. The fourth-order valence-electron chi connectivity index (χ4n) is 3.46. The van der Waals surface area contributed by atoms with Crippen LogP contribution in [0.25, 0.3) is 10.2 Å². The van der Waals surface area contributed by atoms with Gasteiger partial charge in [0, 0.05) is 13.1 Å². The molecule has 28 heavy (non-hydrogen) atoms. The van der Waals surface area contributed by atoms with Crippen LogP contribution in [-0.4, -0.2) is 41.9 Å². The van der Waals surface area contributed by atoms with Gasteiger partial charge in [-0.15, -0.1) is 11.3 Å². The number of carbonyl (C=O) groups excluding carboxylic acids is 1. The van der Waals surface area contributed by atoms with Crippen LogP contribution in [0.15, 0.2) is 52.9 Å². The van der Waals surface area contributed by atoms with Gasteiger partial charge in [-0.2, -0.15) is 0 Å². The van der Waals surface area contributed by atoms with E-state index in [1.54, 1.807) is 11.3 Å². The molecule has 1 aliphatic rings. The van der Waals surface area contributed by atoms with E-state index < -0.39 is 0 Å². The summed E-state index contributed by atoms with van der Waals surface area (Å²) in [5, 5.41) is 3.08. The summed E-state index contributed by atoms with van der Waals surface area (Å²) in [7, 11) is 0. The van der Waals surface area contributed by atoms with Crippen LogP contribution in [0, 0.1) is 0 Å². The van der Waals surface area contributed by atoms with E-state index in [1.165, 1.54) is 11.8 Å². The van der Waals surface area contributed by atoms with Gasteiger partial charge in [0.1, 0.15) is 0 Å². The number of thiazole rings is 1. The maximum absolute atomic E-state index is 12.6. The highest BCUT2D eigenvalue weighted by atomic mass is 32.2. The van der Waals surface area contributed by atoms with E-state index in [0.29, 0.717) is 5.75 Å². The van der Waals surface area contributed by atoms with Gasteiger partial charge in [0.25, 0.3) is 0 Å². The fourth-order valence-corrected chi connectivity index (χ4v) is 5.32. The molecule has 2 heterocycles. The predicted octanol–water partition coefficient (Wildman–Crippen LogP) is 4.64. The largest absolute Gasteiger partial charge is 0.372 e. The third-order valence-corrected chi connectivity index (χ3v) is 6.72. The second-order valence-corrected chi connectivity index (χ2v) is 9.22. The molecule has 0 saturated carbocycles. The van der Waals surface area contributed by atoms with Crippen molar-refractivity contribution >= 4 is 50.6 Å². The lowest BCUT2D eigenvalue weighted by atomic mass is 10.1. The second-order valence-electron chi connectivity index (χ2n) is 6.96. The number of ether oxygens (including phenoxy) is 1. The molecule has 0 bridgehead atoms. The van der Waals surface area contributed by atoms with Crippen molar-refractivity contribution in [3.8, 4) is 0 Å². The Hall–Kier alpha value is -2.09. The van der Waals surface area contributed by atoms with E-state index >= 15 is 0 Å². The van der Waals surface area contributed by atoms with Crippen LogP contribution >= 0.6 is 23.1 Å². The zero-order valence-electron chi connectivity index (χ0n) is 15.9. The molecular weight excluding hydrogens is 390 g/mol. The minimum absolute atomic E-state index is 0.0222. The Morgan fingerprint density at radius 2 is 1.89 bits per heavy atom. The number of amides is 1. The van der Waals surface area contributed by atoms with Gasteiger partial charge in [0.15, 0.2) is 4.34 Å². The minimum Gasteiger partial charge on any atom is -0.372 e. The number of rotatable bonds is 5. The first-order valence-corrected chi connectivity index (χ1v) is 11.2. The highest BCUT2D eigenvalue weighted by Crippen LogP contribution is 2.31. The van der Waals surface area contributed by atoms with Crippen LogP contribution in [0.5, 0.6) is 0 Å². The number of hydrogen-bond donors (Lipinski definition) is 1. The number of nitrogens with zero attached hydrogens (tertiary/aromatic N) is 2. The molecule has 1 N–H and O–H groups in total. The second kappa shape index (κ2) is 8.51. The van der Waals surface area contributed by atoms with Crippen LogP contribution in [0.2, 0.25) is 0 Å². The first-order valence-electron chi connectivity index (χ1n) is 9.36. The van der Waals surface area contributed by atoms with E-state index in [4.69, 9.17) is 4.74 Å². The number of fused-ring (bicyclic) bond motifs is 1. The maximum atomic E-state index is 12.6. The Balaban J connectivity index is 1.41. The Kier molecular flexibility index (Phi) is 5.85. The summed E-state index contributed by atoms with van der Waals surface area (Å²) in [6.07, 6.45) is 0.337. The zero-order chi connectivity index (χ0) is 19.5. The molecule has 7 heteroatoms. The molecule has 0 radical (unpaired) electrons. The Morgan fingerprint density at radius 3 is 2.68 bits per heavy atom. The van der Waals surface area contributed by atoms with E-state index in [9.17, 15) is 4.79 Å². The van der Waals surface area contributed by atoms with Crippen LogP contribution in [-0.2, 0) is 9.53 Å². The molecule has 0 unspecified atom stereocenters. The van der Waals surface area contributed by atoms with Crippen LogP contribution in [0.4, 0.5) is 11.4 Å². The van der Waals surface area contributed by atoms with Crippen molar-refractivity contribution in [2.45, 2.75) is 30.4 Å². The molecule has 146 valence electrons. The lowest BCUT2D eigenvalue weighted by Crippen LogP contribution is -2.45. The van der Waals surface area contributed by atoms with E-state index in [0.717, 1.165) is 39.0 Å². The third kappa shape index (κ3) is 4.48. The molecule has 5 nitrogen and oxygen atoms in total. The lowest BCUT2D eigenvalue weighted by Gasteiger charge is -2.37. The van der Waals surface area contributed by atoms with Crippen molar-refractivity contribution in [3.63, 3.8) is 0 Å².